The minimum absolute atomic E-state index is 0.907. The monoisotopic (exact) mass is 249 g/mol. The van der Waals surface area contributed by atoms with Crippen molar-refractivity contribution in [2.75, 3.05) is 6.54 Å². The van der Waals surface area contributed by atoms with Crippen LogP contribution in [0, 0.1) is 5.92 Å². The fraction of sp³-hybridized carbons (Fsp3) is 0.800. The molecule has 1 aromatic heterocycles. The first-order chi connectivity index (χ1) is 8.88. The Morgan fingerprint density at radius 1 is 1.33 bits per heavy atom. The second-order valence-electron chi connectivity index (χ2n) is 5.54. The number of aryl methyl sites for hydroxylation is 1. The lowest BCUT2D eigenvalue weighted by Gasteiger charge is -2.21. The van der Waals surface area contributed by atoms with Crippen LogP contribution in [0.1, 0.15) is 57.6 Å². The highest BCUT2D eigenvalue weighted by molar-refractivity contribution is 4.98. The first kappa shape index (κ1) is 13.6. The summed E-state index contributed by atoms with van der Waals surface area (Å²) in [6, 6.07) is 2.14. The van der Waals surface area contributed by atoms with E-state index in [2.05, 4.69) is 34.3 Å². The zero-order valence-corrected chi connectivity index (χ0v) is 11.7. The van der Waals surface area contributed by atoms with E-state index in [-0.39, 0.29) is 0 Å². The van der Waals surface area contributed by atoms with Gasteiger partial charge in [0.15, 0.2) is 0 Å². The highest BCUT2D eigenvalue weighted by Gasteiger charge is 2.13. The first-order valence-electron chi connectivity index (χ1n) is 7.61. The van der Waals surface area contributed by atoms with Crippen LogP contribution in [0.15, 0.2) is 12.3 Å². The second-order valence-corrected chi connectivity index (χ2v) is 5.54. The fourth-order valence-electron chi connectivity index (χ4n) is 2.81. The average molecular weight is 249 g/mol. The molecule has 0 aromatic carbocycles. The van der Waals surface area contributed by atoms with E-state index in [1.807, 2.05) is 0 Å². The van der Waals surface area contributed by atoms with Crippen LogP contribution in [-0.4, -0.2) is 16.3 Å². The standard InChI is InChI=1S/C15H27N3/c1-2-10-16-13-15-9-12-18(17-15)11-8-14-6-4-3-5-7-14/h9,12,14,16H,2-8,10-11,13H2,1H3. The maximum absolute atomic E-state index is 4.62. The van der Waals surface area contributed by atoms with Gasteiger partial charge in [0.05, 0.1) is 5.69 Å². The van der Waals surface area contributed by atoms with E-state index in [0.29, 0.717) is 0 Å². The summed E-state index contributed by atoms with van der Waals surface area (Å²) in [7, 11) is 0. The van der Waals surface area contributed by atoms with Gasteiger partial charge in [0.1, 0.15) is 0 Å². The average Bonchev–Trinajstić information content (AvgIpc) is 2.86. The van der Waals surface area contributed by atoms with Gasteiger partial charge in [0.2, 0.25) is 0 Å². The van der Waals surface area contributed by atoms with E-state index in [9.17, 15) is 0 Å². The zero-order valence-electron chi connectivity index (χ0n) is 11.7. The van der Waals surface area contributed by atoms with Crippen molar-refractivity contribution in [3.05, 3.63) is 18.0 Å². The van der Waals surface area contributed by atoms with E-state index in [4.69, 9.17) is 0 Å². The Hall–Kier alpha value is -0.830. The highest BCUT2D eigenvalue weighted by Crippen LogP contribution is 2.26. The fourth-order valence-corrected chi connectivity index (χ4v) is 2.81. The number of hydrogen-bond donors (Lipinski definition) is 1. The molecule has 0 saturated heterocycles. The van der Waals surface area contributed by atoms with E-state index in [1.54, 1.807) is 0 Å². The van der Waals surface area contributed by atoms with Crippen LogP contribution in [-0.2, 0) is 13.1 Å². The molecule has 1 N–H and O–H groups in total. The van der Waals surface area contributed by atoms with Crippen LogP contribution in [0.25, 0.3) is 0 Å². The molecular formula is C15H27N3. The van der Waals surface area contributed by atoms with Gasteiger partial charge in [-0.05, 0) is 31.4 Å². The Kier molecular flexibility index (Phi) is 5.72. The Balaban J connectivity index is 1.69. The third-order valence-electron chi connectivity index (χ3n) is 3.92. The van der Waals surface area contributed by atoms with Gasteiger partial charge in [0, 0.05) is 19.3 Å². The highest BCUT2D eigenvalue weighted by atomic mass is 15.3. The molecule has 0 unspecified atom stereocenters. The van der Waals surface area contributed by atoms with Gasteiger partial charge in [-0.15, -0.1) is 0 Å². The second kappa shape index (κ2) is 7.57. The molecule has 18 heavy (non-hydrogen) atoms. The molecule has 0 atom stereocenters. The van der Waals surface area contributed by atoms with Gasteiger partial charge in [-0.2, -0.15) is 5.10 Å². The topological polar surface area (TPSA) is 29.9 Å². The molecule has 2 rings (SSSR count). The normalized spacial score (nSPS) is 17.2. The molecule has 3 heteroatoms. The van der Waals surface area contributed by atoms with Crippen LogP contribution >= 0.6 is 0 Å². The first-order valence-corrected chi connectivity index (χ1v) is 7.61. The quantitative estimate of drug-likeness (QED) is 0.751. The molecule has 1 saturated carbocycles. The van der Waals surface area contributed by atoms with Crippen molar-refractivity contribution in [3.8, 4) is 0 Å². The summed E-state index contributed by atoms with van der Waals surface area (Å²) in [5, 5.41) is 8.01. The smallest absolute Gasteiger partial charge is 0.0762 e. The third kappa shape index (κ3) is 4.45. The summed E-state index contributed by atoms with van der Waals surface area (Å²) >= 11 is 0. The van der Waals surface area contributed by atoms with Crippen molar-refractivity contribution in [3.63, 3.8) is 0 Å². The molecule has 102 valence electrons. The van der Waals surface area contributed by atoms with Crippen LogP contribution < -0.4 is 5.32 Å². The largest absolute Gasteiger partial charge is 0.311 e. The van der Waals surface area contributed by atoms with Crippen molar-refractivity contribution >= 4 is 0 Å². The molecule has 1 aliphatic rings. The van der Waals surface area contributed by atoms with Crippen molar-refractivity contribution in [2.24, 2.45) is 5.92 Å². The molecule has 1 aromatic rings. The molecule has 3 nitrogen and oxygen atoms in total. The molecule has 0 aliphatic heterocycles. The molecule has 0 amide bonds. The summed E-state index contributed by atoms with van der Waals surface area (Å²) < 4.78 is 2.12. The predicted octanol–water partition coefficient (Wildman–Crippen LogP) is 3.35. The lowest BCUT2D eigenvalue weighted by molar-refractivity contribution is 0.318. The van der Waals surface area contributed by atoms with E-state index < -0.39 is 0 Å². The maximum atomic E-state index is 4.62. The summed E-state index contributed by atoms with van der Waals surface area (Å²) in [6.07, 6.45) is 11.8. The van der Waals surface area contributed by atoms with Gasteiger partial charge >= 0.3 is 0 Å². The number of aromatic nitrogens is 2. The molecular weight excluding hydrogens is 222 g/mol. The van der Waals surface area contributed by atoms with Crippen LogP contribution in [0.3, 0.4) is 0 Å². The minimum atomic E-state index is 0.907. The summed E-state index contributed by atoms with van der Waals surface area (Å²) in [6.45, 7) is 5.27. The molecule has 1 fully saturated rings. The van der Waals surface area contributed by atoms with Gasteiger partial charge in [-0.3, -0.25) is 4.68 Å². The van der Waals surface area contributed by atoms with Gasteiger partial charge in [0.25, 0.3) is 0 Å². The SMILES string of the molecule is CCCNCc1ccn(CCC2CCCCC2)n1. The zero-order chi connectivity index (χ0) is 12.6. The Bertz CT molecular complexity index is 326. The molecule has 1 heterocycles. The van der Waals surface area contributed by atoms with Crippen molar-refractivity contribution in [1.82, 2.24) is 15.1 Å². The van der Waals surface area contributed by atoms with E-state index in [0.717, 1.165) is 25.6 Å². The van der Waals surface area contributed by atoms with Crippen molar-refractivity contribution < 1.29 is 0 Å². The minimum Gasteiger partial charge on any atom is -0.311 e. The lowest BCUT2D eigenvalue weighted by atomic mass is 9.87. The van der Waals surface area contributed by atoms with Crippen molar-refractivity contribution in [1.29, 1.82) is 0 Å². The molecule has 0 bridgehead atoms. The molecule has 1 aliphatic carbocycles. The number of hydrogen-bond acceptors (Lipinski definition) is 2. The van der Waals surface area contributed by atoms with E-state index >= 15 is 0 Å². The lowest BCUT2D eigenvalue weighted by Crippen LogP contribution is -2.15. The number of rotatable bonds is 7. The maximum Gasteiger partial charge on any atom is 0.0762 e. The molecule has 0 radical (unpaired) electrons. The Morgan fingerprint density at radius 2 is 2.17 bits per heavy atom. The Labute approximate surface area is 111 Å². The van der Waals surface area contributed by atoms with Gasteiger partial charge in [-0.1, -0.05) is 39.0 Å². The summed E-state index contributed by atoms with van der Waals surface area (Å²) in [4.78, 5) is 0. The van der Waals surface area contributed by atoms with Crippen LogP contribution in [0.4, 0.5) is 0 Å². The number of nitrogens with zero attached hydrogens (tertiary/aromatic N) is 2. The molecule has 0 spiro atoms. The Morgan fingerprint density at radius 3 is 2.94 bits per heavy atom. The van der Waals surface area contributed by atoms with Crippen molar-refractivity contribution in [2.45, 2.75) is 65.0 Å². The van der Waals surface area contributed by atoms with E-state index in [1.165, 1.54) is 50.6 Å². The van der Waals surface area contributed by atoms with Gasteiger partial charge in [-0.25, -0.2) is 0 Å². The summed E-state index contributed by atoms with van der Waals surface area (Å²) in [5.74, 6) is 0.949. The van der Waals surface area contributed by atoms with Crippen LogP contribution in [0.5, 0.6) is 0 Å². The van der Waals surface area contributed by atoms with Crippen LogP contribution in [0.2, 0.25) is 0 Å². The summed E-state index contributed by atoms with van der Waals surface area (Å²) in [5.41, 5.74) is 1.17. The van der Waals surface area contributed by atoms with Gasteiger partial charge < -0.3 is 5.32 Å². The third-order valence-corrected chi connectivity index (χ3v) is 3.92. The number of nitrogens with one attached hydrogen (secondary N) is 1. The predicted molar refractivity (Wildman–Crippen MR) is 75.4 cm³/mol.